The molecule has 0 radical (unpaired) electrons. The molecule has 96 valence electrons. The summed E-state index contributed by atoms with van der Waals surface area (Å²) in [5, 5.41) is 12.3. The topological polar surface area (TPSA) is 52.6 Å². The van der Waals surface area contributed by atoms with Crippen molar-refractivity contribution < 1.29 is 9.90 Å². The van der Waals surface area contributed by atoms with Crippen molar-refractivity contribution in [2.75, 3.05) is 20.1 Å². The van der Waals surface area contributed by atoms with E-state index < -0.39 is 5.97 Å². The molecule has 17 heavy (non-hydrogen) atoms. The van der Waals surface area contributed by atoms with Crippen molar-refractivity contribution in [1.82, 2.24) is 10.2 Å². The third-order valence-electron chi connectivity index (χ3n) is 5.32. The maximum Gasteiger partial charge on any atom is 0.321 e. The number of nitrogens with one attached hydrogen (secondary N) is 1. The number of piperidine rings is 3. The lowest BCUT2D eigenvalue weighted by Gasteiger charge is -2.50. The van der Waals surface area contributed by atoms with Gasteiger partial charge >= 0.3 is 5.97 Å². The lowest BCUT2D eigenvalue weighted by Crippen LogP contribution is -2.58. The molecule has 2 bridgehead atoms. The van der Waals surface area contributed by atoms with E-state index in [2.05, 4.69) is 10.2 Å². The molecule has 4 rings (SSSR count). The highest BCUT2D eigenvalue weighted by Gasteiger charge is 2.51. The van der Waals surface area contributed by atoms with Crippen LogP contribution in [0.5, 0.6) is 0 Å². The molecular formula is C13H22N2O2. The summed E-state index contributed by atoms with van der Waals surface area (Å²) in [5.41, 5.74) is 0. The first-order chi connectivity index (χ1) is 8.22. The van der Waals surface area contributed by atoms with E-state index in [1.54, 1.807) is 7.05 Å². The second kappa shape index (κ2) is 4.25. The van der Waals surface area contributed by atoms with Crippen LogP contribution in [0.1, 0.15) is 25.7 Å². The molecule has 2 N–H and O–H groups in total. The maximum atomic E-state index is 11.3. The number of carboxylic acid groups (broad SMARTS) is 1. The monoisotopic (exact) mass is 238 g/mol. The summed E-state index contributed by atoms with van der Waals surface area (Å²) >= 11 is 0. The van der Waals surface area contributed by atoms with E-state index in [1.165, 1.54) is 32.4 Å². The Hall–Kier alpha value is -0.610. The van der Waals surface area contributed by atoms with Gasteiger partial charge in [-0.2, -0.15) is 0 Å². The van der Waals surface area contributed by atoms with Crippen LogP contribution in [0.25, 0.3) is 0 Å². The van der Waals surface area contributed by atoms with Crippen LogP contribution in [0, 0.1) is 17.8 Å². The third kappa shape index (κ3) is 1.69. The van der Waals surface area contributed by atoms with Gasteiger partial charge in [-0.05, 0) is 57.7 Å². The molecule has 3 aliphatic heterocycles. The van der Waals surface area contributed by atoms with Gasteiger partial charge in [0.25, 0.3) is 0 Å². The molecule has 3 heterocycles. The Morgan fingerprint density at radius 3 is 2.59 bits per heavy atom. The predicted molar refractivity (Wildman–Crippen MR) is 64.8 cm³/mol. The fourth-order valence-electron chi connectivity index (χ4n) is 4.63. The average molecular weight is 238 g/mol. The maximum absolute atomic E-state index is 11.3. The summed E-state index contributed by atoms with van der Waals surface area (Å²) in [7, 11) is 1.78. The minimum Gasteiger partial charge on any atom is -0.480 e. The van der Waals surface area contributed by atoms with Gasteiger partial charge in [0.1, 0.15) is 6.04 Å². The van der Waals surface area contributed by atoms with Crippen molar-refractivity contribution in [2.24, 2.45) is 17.8 Å². The van der Waals surface area contributed by atoms with Gasteiger partial charge in [0.15, 0.2) is 0 Å². The van der Waals surface area contributed by atoms with Gasteiger partial charge in [-0.15, -0.1) is 0 Å². The van der Waals surface area contributed by atoms with Gasteiger partial charge in [0.05, 0.1) is 0 Å². The Morgan fingerprint density at radius 1 is 1.29 bits per heavy atom. The van der Waals surface area contributed by atoms with Crippen LogP contribution in [0.2, 0.25) is 0 Å². The molecule has 3 saturated heterocycles. The highest BCUT2D eigenvalue weighted by Crippen LogP contribution is 2.49. The number of rotatable bonds is 3. The first-order valence-corrected chi connectivity index (χ1v) is 6.86. The Bertz CT molecular complexity index is 313. The number of hydrogen-bond donors (Lipinski definition) is 2. The molecule has 4 aliphatic rings. The van der Waals surface area contributed by atoms with Crippen LogP contribution >= 0.6 is 0 Å². The molecule has 0 aromatic heterocycles. The van der Waals surface area contributed by atoms with Gasteiger partial charge in [0.2, 0.25) is 0 Å². The molecule has 0 amide bonds. The molecule has 4 nitrogen and oxygen atoms in total. The minimum absolute atomic E-state index is 0.311. The van der Waals surface area contributed by atoms with Gasteiger partial charge in [-0.1, -0.05) is 0 Å². The Balaban J connectivity index is 1.82. The lowest BCUT2D eigenvalue weighted by atomic mass is 9.73. The SMILES string of the molecule is CNC(C(=O)O)C1CCC2C3CCN(CC3)C21. The molecule has 4 atom stereocenters. The standard InChI is InChI=1S/C13H22N2O2/c1-14-11(13(16)17)10-3-2-9-8-4-6-15(7-5-8)12(9)10/h8-12,14H,2-7H2,1H3,(H,16,17). The van der Waals surface area contributed by atoms with Crippen LogP contribution in [-0.2, 0) is 4.79 Å². The largest absolute Gasteiger partial charge is 0.480 e. The number of likely N-dealkylation sites (N-methyl/N-ethyl adjacent to an activating group) is 1. The Morgan fingerprint density at radius 2 is 2.00 bits per heavy atom. The van der Waals surface area contributed by atoms with Gasteiger partial charge in [0, 0.05) is 12.0 Å². The number of nitrogens with zero attached hydrogens (tertiary/aromatic N) is 1. The predicted octanol–water partition coefficient (Wildman–Crippen LogP) is 0.779. The van der Waals surface area contributed by atoms with Crippen LogP contribution in [0.15, 0.2) is 0 Å². The first-order valence-electron chi connectivity index (χ1n) is 6.86. The second-order valence-electron chi connectivity index (χ2n) is 5.87. The highest BCUT2D eigenvalue weighted by molar-refractivity contribution is 5.74. The summed E-state index contributed by atoms with van der Waals surface area (Å²) < 4.78 is 0. The fourth-order valence-corrected chi connectivity index (χ4v) is 4.63. The van der Waals surface area contributed by atoms with Crippen molar-refractivity contribution in [1.29, 1.82) is 0 Å². The van der Waals surface area contributed by atoms with Crippen molar-refractivity contribution in [3.63, 3.8) is 0 Å². The van der Waals surface area contributed by atoms with E-state index in [-0.39, 0.29) is 6.04 Å². The Kier molecular flexibility index (Phi) is 2.87. The van der Waals surface area contributed by atoms with Crippen molar-refractivity contribution in [2.45, 2.75) is 37.8 Å². The molecule has 0 spiro atoms. The number of carboxylic acids is 1. The number of aliphatic carboxylic acids is 1. The van der Waals surface area contributed by atoms with E-state index in [0.717, 1.165) is 18.3 Å². The second-order valence-corrected chi connectivity index (χ2v) is 5.87. The van der Waals surface area contributed by atoms with Gasteiger partial charge in [-0.3, -0.25) is 9.69 Å². The van der Waals surface area contributed by atoms with Gasteiger partial charge in [-0.25, -0.2) is 0 Å². The lowest BCUT2D eigenvalue weighted by molar-refractivity contribution is -0.142. The normalized spacial score (nSPS) is 45.6. The number of fused-ring (bicyclic) bond motifs is 2. The zero-order valence-electron chi connectivity index (χ0n) is 10.4. The smallest absolute Gasteiger partial charge is 0.321 e. The number of hydrogen-bond acceptors (Lipinski definition) is 3. The number of carbonyl (C=O) groups is 1. The van der Waals surface area contributed by atoms with E-state index in [4.69, 9.17) is 0 Å². The fraction of sp³-hybridized carbons (Fsp3) is 0.923. The molecular weight excluding hydrogens is 216 g/mol. The zero-order chi connectivity index (χ0) is 12.0. The Labute approximate surface area is 102 Å². The summed E-state index contributed by atoms with van der Waals surface area (Å²) in [5.74, 6) is 1.28. The van der Waals surface area contributed by atoms with E-state index in [0.29, 0.717) is 12.0 Å². The average Bonchev–Trinajstić information content (AvgIpc) is 2.78. The van der Waals surface area contributed by atoms with Crippen molar-refractivity contribution in [3.05, 3.63) is 0 Å². The van der Waals surface area contributed by atoms with Crippen molar-refractivity contribution >= 4 is 5.97 Å². The van der Waals surface area contributed by atoms with Crippen molar-refractivity contribution in [3.8, 4) is 0 Å². The van der Waals surface area contributed by atoms with E-state index in [1.807, 2.05) is 0 Å². The molecule has 1 saturated carbocycles. The third-order valence-corrected chi connectivity index (χ3v) is 5.32. The molecule has 4 fully saturated rings. The molecule has 4 unspecified atom stereocenters. The van der Waals surface area contributed by atoms with Crippen LogP contribution in [0.3, 0.4) is 0 Å². The first kappa shape index (κ1) is 11.5. The van der Waals surface area contributed by atoms with E-state index in [9.17, 15) is 9.90 Å². The zero-order valence-corrected chi connectivity index (χ0v) is 10.4. The summed E-state index contributed by atoms with van der Waals surface area (Å²) in [6.45, 7) is 2.39. The van der Waals surface area contributed by atoms with Crippen LogP contribution < -0.4 is 5.32 Å². The molecule has 0 aromatic carbocycles. The molecule has 4 heteroatoms. The summed E-state index contributed by atoms with van der Waals surface area (Å²) in [4.78, 5) is 13.9. The van der Waals surface area contributed by atoms with Crippen LogP contribution in [-0.4, -0.2) is 48.2 Å². The quantitative estimate of drug-likeness (QED) is 0.763. The molecule has 1 aliphatic carbocycles. The van der Waals surface area contributed by atoms with E-state index >= 15 is 0 Å². The van der Waals surface area contributed by atoms with Gasteiger partial charge < -0.3 is 10.4 Å². The summed E-state index contributed by atoms with van der Waals surface area (Å²) in [6, 6.07) is 0.181. The summed E-state index contributed by atoms with van der Waals surface area (Å²) in [6.07, 6.45) is 5.00. The molecule has 0 aromatic rings. The highest BCUT2D eigenvalue weighted by atomic mass is 16.4. The van der Waals surface area contributed by atoms with Crippen LogP contribution in [0.4, 0.5) is 0 Å². The minimum atomic E-state index is -0.680.